The number of nitrogens with two attached hydrogens (primary N) is 1. The van der Waals surface area contributed by atoms with E-state index < -0.39 is 6.04 Å². The normalized spacial score (nSPS) is 28.9. The second-order valence-corrected chi connectivity index (χ2v) is 4.80. The summed E-state index contributed by atoms with van der Waals surface area (Å²) in [6.45, 7) is 3.86. The Balaban J connectivity index is 2.37. The smallest absolute Gasteiger partial charge is 0.237 e. The predicted octanol–water partition coefficient (Wildman–Crippen LogP) is 0.389. The number of hydrogen-bond donors (Lipinski definition) is 3. The van der Waals surface area contributed by atoms with E-state index in [-0.39, 0.29) is 24.0 Å². The van der Waals surface area contributed by atoms with Gasteiger partial charge in [-0.05, 0) is 31.6 Å². The maximum atomic E-state index is 11.6. The van der Waals surface area contributed by atoms with Crippen molar-refractivity contribution in [3.05, 3.63) is 0 Å². The average Bonchev–Trinajstić information content (AvgIpc) is 2.16. The van der Waals surface area contributed by atoms with Crippen molar-refractivity contribution < 1.29 is 9.90 Å². The maximum absolute atomic E-state index is 11.6. The van der Waals surface area contributed by atoms with Crippen LogP contribution in [0.4, 0.5) is 0 Å². The molecule has 4 heteroatoms. The molecule has 3 atom stereocenters. The van der Waals surface area contributed by atoms with E-state index >= 15 is 0 Å². The van der Waals surface area contributed by atoms with Crippen LogP contribution >= 0.6 is 0 Å². The summed E-state index contributed by atoms with van der Waals surface area (Å²) in [6.07, 6.45) is 3.18. The van der Waals surface area contributed by atoms with Gasteiger partial charge in [0.05, 0.1) is 12.1 Å². The third kappa shape index (κ3) is 3.80. The molecule has 88 valence electrons. The summed E-state index contributed by atoms with van der Waals surface area (Å²) < 4.78 is 0. The lowest BCUT2D eigenvalue weighted by atomic mass is 9.92. The molecule has 3 unspecified atom stereocenters. The van der Waals surface area contributed by atoms with Crippen LogP contribution in [0.25, 0.3) is 0 Å². The standard InChI is InChI=1S/C11H22N2O2/c1-7(2)10(12)11(15)13-8-4-3-5-9(14)6-8/h7-10,14H,3-6,12H2,1-2H3,(H,13,15). The Morgan fingerprint density at radius 3 is 2.67 bits per heavy atom. The first-order chi connectivity index (χ1) is 7.00. The second kappa shape index (κ2) is 5.47. The van der Waals surface area contributed by atoms with E-state index in [1.165, 1.54) is 0 Å². The molecular weight excluding hydrogens is 192 g/mol. The number of carbonyl (C=O) groups excluding carboxylic acids is 1. The van der Waals surface area contributed by atoms with Crippen LogP contribution < -0.4 is 11.1 Å². The summed E-state index contributed by atoms with van der Waals surface area (Å²) in [5.74, 6) is 0.0580. The number of aliphatic hydroxyl groups excluding tert-OH is 1. The van der Waals surface area contributed by atoms with Crippen LogP contribution in [-0.2, 0) is 4.79 Å². The first kappa shape index (κ1) is 12.5. The fraction of sp³-hybridized carbons (Fsp3) is 0.909. The Kier molecular flexibility index (Phi) is 4.54. The number of hydrogen-bond acceptors (Lipinski definition) is 3. The first-order valence-corrected chi connectivity index (χ1v) is 5.74. The number of rotatable bonds is 3. The highest BCUT2D eigenvalue weighted by atomic mass is 16.3. The van der Waals surface area contributed by atoms with Gasteiger partial charge in [0, 0.05) is 6.04 Å². The highest BCUT2D eigenvalue weighted by molar-refractivity contribution is 5.82. The molecule has 1 saturated carbocycles. The highest BCUT2D eigenvalue weighted by Crippen LogP contribution is 2.18. The lowest BCUT2D eigenvalue weighted by molar-refractivity contribution is -0.124. The molecule has 0 aliphatic heterocycles. The third-order valence-electron chi connectivity index (χ3n) is 3.01. The third-order valence-corrected chi connectivity index (χ3v) is 3.01. The monoisotopic (exact) mass is 214 g/mol. The molecule has 4 nitrogen and oxygen atoms in total. The van der Waals surface area contributed by atoms with Crippen molar-refractivity contribution in [3.63, 3.8) is 0 Å². The minimum atomic E-state index is -0.441. The Morgan fingerprint density at radius 2 is 2.13 bits per heavy atom. The van der Waals surface area contributed by atoms with Gasteiger partial charge >= 0.3 is 0 Å². The van der Waals surface area contributed by atoms with Gasteiger partial charge in [0.2, 0.25) is 5.91 Å². The van der Waals surface area contributed by atoms with Crippen LogP contribution in [-0.4, -0.2) is 29.2 Å². The van der Waals surface area contributed by atoms with Crippen LogP contribution in [0, 0.1) is 5.92 Å². The molecule has 0 aromatic carbocycles. The van der Waals surface area contributed by atoms with Crippen LogP contribution in [0.3, 0.4) is 0 Å². The lowest BCUT2D eigenvalue weighted by Crippen LogP contribution is -2.49. The number of nitrogens with one attached hydrogen (secondary N) is 1. The number of aliphatic hydroxyl groups is 1. The minimum absolute atomic E-state index is 0.0934. The van der Waals surface area contributed by atoms with E-state index in [2.05, 4.69) is 5.32 Å². The SMILES string of the molecule is CC(C)C(N)C(=O)NC1CCCC(O)C1. The Labute approximate surface area is 91.2 Å². The molecule has 1 fully saturated rings. The quantitative estimate of drug-likeness (QED) is 0.636. The fourth-order valence-electron chi connectivity index (χ4n) is 1.90. The van der Waals surface area contributed by atoms with Gasteiger partial charge in [-0.2, -0.15) is 0 Å². The van der Waals surface area contributed by atoms with Crippen molar-refractivity contribution in [1.82, 2.24) is 5.32 Å². The van der Waals surface area contributed by atoms with Crippen molar-refractivity contribution >= 4 is 5.91 Å². The van der Waals surface area contributed by atoms with Gasteiger partial charge in [-0.1, -0.05) is 13.8 Å². The first-order valence-electron chi connectivity index (χ1n) is 5.74. The van der Waals surface area contributed by atoms with E-state index in [4.69, 9.17) is 5.73 Å². The zero-order valence-electron chi connectivity index (χ0n) is 9.57. The molecule has 1 aliphatic rings. The molecule has 0 saturated heterocycles. The van der Waals surface area contributed by atoms with Gasteiger partial charge < -0.3 is 16.2 Å². The Bertz CT molecular complexity index is 219. The summed E-state index contributed by atoms with van der Waals surface area (Å²) in [5.41, 5.74) is 5.74. The molecule has 15 heavy (non-hydrogen) atoms. The van der Waals surface area contributed by atoms with Gasteiger partial charge in [-0.25, -0.2) is 0 Å². The Morgan fingerprint density at radius 1 is 1.47 bits per heavy atom. The van der Waals surface area contributed by atoms with Crippen molar-refractivity contribution in [2.45, 2.75) is 57.7 Å². The van der Waals surface area contributed by atoms with Crippen LogP contribution in [0.2, 0.25) is 0 Å². The minimum Gasteiger partial charge on any atom is -0.393 e. The molecular formula is C11H22N2O2. The van der Waals surface area contributed by atoms with Crippen molar-refractivity contribution in [1.29, 1.82) is 0 Å². The summed E-state index contributed by atoms with van der Waals surface area (Å²) in [6, 6.07) is -0.338. The average molecular weight is 214 g/mol. The molecule has 1 rings (SSSR count). The van der Waals surface area contributed by atoms with Gasteiger partial charge in [0.1, 0.15) is 0 Å². The molecule has 1 aliphatic carbocycles. The number of amides is 1. The van der Waals surface area contributed by atoms with Gasteiger partial charge in [-0.15, -0.1) is 0 Å². The van der Waals surface area contributed by atoms with E-state index in [1.807, 2.05) is 13.8 Å². The van der Waals surface area contributed by atoms with Crippen molar-refractivity contribution in [2.75, 3.05) is 0 Å². The molecule has 0 radical (unpaired) electrons. The Hall–Kier alpha value is -0.610. The van der Waals surface area contributed by atoms with E-state index in [1.54, 1.807) is 0 Å². The topological polar surface area (TPSA) is 75.4 Å². The highest BCUT2D eigenvalue weighted by Gasteiger charge is 2.24. The van der Waals surface area contributed by atoms with E-state index in [9.17, 15) is 9.90 Å². The fourth-order valence-corrected chi connectivity index (χ4v) is 1.90. The summed E-state index contributed by atoms with van der Waals surface area (Å²) in [4.78, 5) is 11.6. The molecule has 0 aromatic heterocycles. The van der Waals surface area contributed by atoms with Gasteiger partial charge in [-0.3, -0.25) is 4.79 Å². The lowest BCUT2D eigenvalue weighted by Gasteiger charge is -2.28. The van der Waals surface area contributed by atoms with Crippen molar-refractivity contribution in [2.24, 2.45) is 11.7 Å². The van der Waals surface area contributed by atoms with Gasteiger partial charge in [0.25, 0.3) is 0 Å². The van der Waals surface area contributed by atoms with Crippen LogP contribution in [0.5, 0.6) is 0 Å². The molecule has 0 spiro atoms. The molecule has 1 amide bonds. The molecule has 4 N–H and O–H groups in total. The molecule has 0 aromatic rings. The largest absolute Gasteiger partial charge is 0.393 e. The van der Waals surface area contributed by atoms with Gasteiger partial charge in [0.15, 0.2) is 0 Å². The van der Waals surface area contributed by atoms with Crippen molar-refractivity contribution in [3.8, 4) is 0 Å². The van der Waals surface area contributed by atoms with E-state index in [0.717, 1.165) is 19.3 Å². The molecule has 0 bridgehead atoms. The zero-order valence-corrected chi connectivity index (χ0v) is 9.57. The predicted molar refractivity (Wildman–Crippen MR) is 59.2 cm³/mol. The van der Waals surface area contributed by atoms with Crippen LogP contribution in [0.15, 0.2) is 0 Å². The van der Waals surface area contributed by atoms with Crippen LogP contribution in [0.1, 0.15) is 39.5 Å². The summed E-state index contributed by atoms with van der Waals surface area (Å²) in [5, 5.41) is 12.4. The zero-order chi connectivity index (χ0) is 11.4. The summed E-state index contributed by atoms with van der Waals surface area (Å²) in [7, 11) is 0. The molecule has 0 heterocycles. The maximum Gasteiger partial charge on any atom is 0.237 e. The number of carbonyl (C=O) groups is 1. The second-order valence-electron chi connectivity index (χ2n) is 4.80. The van der Waals surface area contributed by atoms with E-state index in [0.29, 0.717) is 6.42 Å². The summed E-state index contributed by atoms with van der Waals surface area (Å²) >= 11 is 0.